The van der Waals surface area contributed by atoms with Gasteiger partial charge in [-0.2, -0.15) is 5.10 Å². The first-order valence-corrected chi connectivity index (χ1v) is 13.2. The number of hydrogen-bond donors (Lipinski definition) is 1. The number of nitrogens with one attached hydrogen (secondary N) is 1. The molecule has 5 heterocycles. The molecule has 4 aliphatic heterocycles. The van der Waals surface area contributed by atoms with Crippen molar-refractivity contribution >= 4 is 28.5 Å². The van der Waals surface area contributed by atoms with Crippen molar-refractivity contribution in [2.75, 3.05) is 31.1 Å². The fraction of sp³-hybridized carbons (Fsp3) is 0.593. The van der Waals surface area contributed by atoms with E-state index >= 15 is 0 Å². The number of carbonyl (C=O) groups is 2. The van der Waals surface area contributed by atoms with Crippen molar-refractivity contribution < 1.29 is 9.59 Å². The van der Waals surface area contributed by atoms with Crippen molar-refractivity contribution in [3.05, 3.63) is 35.9 Å². The molecule has 178 valence electrons. The molecule has 2 amide bonds. The summed E-state index contributed by atoms with van der Waals surface area (Å²) in [6.45, 7) is 3.59. The minimum absolute atomic E-state index is 0.000844. The lowest BCUT2D eigenvalue weighted by atomic mass is 9.68. The summed E-state index contributed by atoms with van der Waals surface area (Å²) in [7, 11) is 0. The molecule has 2 aromatic rings. The molecule has 4 saturated heterocycles. The average Bonchev–Trinajstić information content (AvgIpc) is 3.46. The summed E-state index contributed by atoms with van der Waals surface area (Å²) in [5, 5.41) is 8.38. The fourth-order valence-corrected chi connectivity index (χ4v) is 7.69. The number of rotatable bonds is 2. The lowest BCUT2D eigenvalue weighted by molar-refractivity contribution is -0.140. The van der Waals surface area contributed by atoms with Gasteiger partial charge in [-0.15, -0.1) is 0 Å². The van der Waals surface area contributed by atoms with Crippen LogP contribution in [0.3, 0.4) is 0 Å². The molecule has 7 rings (SSSR count). The number of anilines is 1. The summed E-state index contributed by atoms with van der Waals surface area (Å²) in [6.07, 6.45) is 10.2. The Morgan fingerprint density at radius 2 is 2.00 bits per heavy atom. The predicted octanol–water partition coefficient (Wildman–Crippen LogP) is 3.34. The number of nitrogens with zero attached hydrogens (tertiary/aromatic N) is 4. The molecular formula is C27H33N5O2. The summed E-state index contributed by atoms with van der Waals surface area (Å²) >= 11 is 0. The average molecular weight is 460 g/mol. The zero-order chi connectivity index (χ0) is 22.8. The third-order valence-electron chi connectivity index (χ3n) is 9.12. The molecule has 5 aliphatic rings. The van der Waals surface area contributed by atoms with Crippen molar-refractivity contribution in [1.29, 1.82) is 0 Å². The van der Waals surface area contributed by atoms with E-state index in [0.29, 0.717) is 30.2 Å². The Kier molecular flexibility index (Phi) is 4.83. The number of aromatic nitrogens is 2. The highest BCUT2D eigenvalue weighted by atomic mass is 16.2. The van der Waals surface area contributed by atoms with E-state index in [1.165, 1.54) is 37.8 Å². The maximum absolute atomic E-state index is 13.9. The largest absolute Gasteiger partial charge is 0.335 e. The second-order valence-electron chi connectivity index (χ2n) is 11.0. The lowest BCUT2D eigenvalue weighted by Crippen LogP contribution is -2.60. The highest BCUT2D eigenvalue weighted by Gasteiger charge is 2.48. The molecule has 1 N–H and O–H groups in total. The molecule has 0 saturated carbocycles. The first-order chi connectivity index (χ1) is 16.7. The third kappa shape index (κ3) is 3.16. The van der Waals surface area contributed by atoms with Crippen LogP contribution in [0.25, 0.3) is 10.9 Å². The molecule has 5 atom stereocenters. The van der Waals surface area contributed by atoms with Gasteiger partial charge in [0, 0.05) is 37.5 Å². The van der Waals surface area contributed by atoms with Crippen LogP contribution in [0.1, 0.15) is 44.9 Å². The van der Waals surface area contributed by atoms with Crippen LogP contribution >= 0.6 is 0 Å². The molecule has 1 aromatic carbocycles. The summed E-state index contributed by atoms with van der Waals surface area (Å²) in [5.74, 6) is 1.74. The summed E-state index contributed by atoms with van der Waals surface area (Å²) in [5.41, 5.74) is 2.42. The molecule has 1 aliphatic carbocycles. The third-order valence-corrected chi connectivity index (χ3v) is 9.12. The fourth-order valence-electron chi connectivity index (χ4n) is 7.69. The first-order valence-electron chi connectivity index (χ1n) is 13.2. The number of piperidine rings is 3. The Labute approximate surface area is 200 Å². The van der Waals surface area contributed by atoms with Crippen molar-refractivity contribution in [1.82, 2.24) is 20.0 Å². The highest BCUT2D eigenvalue weighted by molar-refractivity contribution is 6.05. The Morgan fingerprint density at radius 1 is 1.09 bits per heavy atom. The second-order valence-corrected chi connectivity index (χ2v) is 11.0. The first kappa shape index (κ1) is 20.7. The van der Waals surface area contributed by atoms with Gasteiger partial charge >= 0.3 is 0 Å². The predicted molar refractivity (Wildman–Crippen MR) is 130 cm³/mol. The van der Waals surface area contributed by atoms with E-state index in [1.54, 1.807) is 4.90 Å². The molecule has 1 aromatic heterocycles. The van der Waals surface area contributed by atoms with E-state index in [1.807, 2.05) is 24.3 Å². The van der Waals surface area contributed by atoms with Crippen molar-refractivity contribution in [2.24, 2.45) is 17.8 Å². The molecule has 34 heavy (non-hydrogen) atoms. The molecule has 7 nitrogen and oxygen atoms in total. The monoisotopic (exact) mass is 459 g/mol. The van der Waals surface area contributed by atoms with Crippen LogP contribution in [0.5, 0.6) is 0 Å². The normalized spacial score (nSPS) is 33.6. The van der Waals surface area contributed by atoms with Gasteiger partial charge in [-0.05, 0) is 62.6 Å². The number of carbonyl (C=O) groups excluding carboxylic acids is 2. The van der Waals surface area contributed by atoms with E-state index in [0.717, 1.165) is 36.8 Å². The van der Waals surface area contributed by atoms with Gasteiger partial charge in [0.15, 0.2) is 5.82 Å². The number of benzene rings is 1. The van der Waals surface area contributed by atoms with Gasteiger partial charge in [0.2, 0.25) is 11.8 Å². The number of likely N-dealkylation sites (tertiary alicyclic amines) is 1. The van der Waals surface area contributed by atoms with Crippen LogP contribution in [0.15, 0.2) is 35.9 Å². The summed E-state index contributed by atoms with van der Waals surface area (Å²) < 4.78 is 0. The van der Waals surface area contributed by atoms with E-state index in [9.17, 15) is 9.59 Å². The minimum atomic E-state index is -0.286. The molecular weight excluding hydrogens is 426 g/mol. The Bertz CT molecular complexity index is 1170. The summed E-state index contributed by atoms with van der Waals surface area (Å²) in [4.78, 5) is 33.5. The quantitative estimate of drug-likeness (QED) is 0.700. The van der Waals surface area contributed by atoms with Gasteiger partial charge in [-0.1, -0.05) is 30.2 Å². The van der Waals surface area contributed by atoms with Crippen molar-refractivity contribution in [3.8, 4) is 0 Å². The minimum Gasteiger partial charge on any atom is -0.335 e. The number of hydrogen-bond acceptors (Lipinski definition) is 4. The molecule has 0 radical (unpaired) electrons. The SMILES string of the molecule is O=C1CC(C(=O)N2CCCC3=C[C@H]4C[C@@H](CN5CCCCC45)C32)CN1c1n[nH]c2ccccc12. The molecule has 3 unspecified atom stereocenters. The van der Waals surface area contributed by atoms with E-state index in [-0.39, 0.29) is 30.2 Å². The van der Waals surface area contributed by atoms with Gasteiger partial charge in [-0.3, -0.25) is 24.5 Å². The molecule has 0 spiro atoms. The van der Waals surface area contributed by atoms with Crippen LogP contribution in [-0.2, 0) is 9.59 Å². The van der Waals surface area contributed by atoms with Crippen LogP contribution < -0.4 is 4.90 Å². The van der Waals surface area contributed by atoms with Gasteiger partial charge in [0.25, 0.3) is 0 Å². The second kappa shape index (κ2) is 7.94. The molecule has 4 fully saturated rings. The van der Waals surface area contributed by atoms with Crippen LogP contribution in [0, 0.1) is 17.8 Å². The van der Waals surface area contributed by atoms with E-state index in [4.69, 9.17) is 0 Å². The number of amides is 2. The van der Waals surface area contributed by atoms with Gasteiger partial charge in [0.05, 0.1) is 17.5 Å². The topological polar surface area (TPSA) is 72.5 Å². The van der Waals surface area contributed by atoms with Crippen molar-refractivity contribution in [2.45, 2.75) is 57.0 Å². The van der Waals surface area contributed by atoms with Gasteiger partial charge in [-0.25, -0.2) is 0 Å². The number of fused-ring (bicyclic) bond motifs is 7. The smallest absolute Gasteiger partial charge is 0.229 e. The van der Waals surface area contributed by atoms with Crippen molar-refractivity contribution in [3.63, 3.8) is 0 Å². The zero-order valence-electron chi connectivity index (χ0n) is 19.7. The lowest BCUT2D eigenvalue weighted by Gasteiger charge is -2.55. The summed E-state index contributed by atoms with van der Waals surface area (Å²) in [6, 6.07) is 8.80. The Morgan fingerprint density at radius 3 is 2.94 bits per heavy atom. The number of para-hydroxylation sites is 1. The van der Waals surface area contributed by atoms with E-state index < -0.39 is 0 Å². The van der Waals surface area contributed by atoms with Crippen LogP contribution in [-0.4, -0.2) is 70.1 Å². The Balaban J connectivity index is 1.14. The van der Waals surface area contributed by atoms with Gasteiger partial charge in [0.1, 0.15) is 0 Å². The maximum Gasteiger partial charge on any atom is 0.229 e. The Hall–Kier alpha value is -2.67. The standard InChI is InChI=1S/C27H33N5O2/c33-24-14-20(16-32(24)26-21-7-1-2-8-22(21)28-29-26)27(34)31-11-5-6-17-12-18-13-19(25(17)31)15-30-10-4-3-9-23(18)30/h1-2,7-8,12,18-20,23,25H,3-6,9-11,13-16H2,(H,28,29)/t18-,19-,20?,23?,25?/m0/s1. The number of H-pyrrole nitrogens is 1. The maximum atomic E-state index is 13.9. The van der Waals surface area contributed by atoms with Crippen LogP contribution in [0.2, 0.25) is 0 Å². The van der Waals surface area contributed by atoms with Gasteiger partial charge < -0.3 is 4.90 Å². The molecule has 2 bridgehead atoms. The zero-order valence-corrected chi connectivity index (χ0v) is 19.7. The van der Waals surface area contributed by atoms with Crippen LogP contribution in [0.4, 0.5) is 5.82 Å². The highest BCUT2D eigenvalue weighted by Crippen LogP contribution is 2.45. The van der Waals surface area contributed by atoms with E-state index in [2.05, 4.69) is 26.1 Å². The number of aromatic amines is 1. The molecule has 7 heteroatoms.